The fourth-order valence-corrected chi connectivity index (χ4v) is 5.23. The van der Waals surface area contributed by atoms with Gasteiger partial charge in [-0.05, 0) is 0 Å². The third-order valence-electron chi connectivity index (χ3n) is 1.94. The number of sulfonamides is 1. The van der Waals surface area contributed by atoms with Gasteiger partial charge in [-0.15, -0.1) is 0 Å². The van der Waals surface area contributed by atoms with Crippen molar-refractivity contribution in [2.24, 2.45) is 0 Å². The predicted octanol–water partition coefficient (Wildman–Crippen LogP) is -0.230. The SMILES string of the molecule is CN1C(=O)[Se]c2ccccc2S1(=O)=O. The van der Waals surface area contributed by atoms with Gasteiger partial charge in [0.15, 0.2) is 0 Å². The summed E-state index contributed by atoms with van der Waals surface area (Å²) in [5.41, 5.74) is 0. The molecular weight excluding hydrogens is 269 g/mol. The van der Waals surface area contributed by atoms with Crippen LogP contribution in [0.5, 0.6) is 0 Å². The molecule has 1 aromatic carbocycles. The molecule has 0 radical (unpaired) electrons. The van der Waals surface area contributed by atoms with Crippen LogP contribution >= 0.6 is 0 Å². The fraction of sp³-hybridized carbons (Fsp3) is 0.125. The molecule has 0 spiro atoms. The van der Waals surface area contributed by atoms with E-state index >= 15 is 0 Å². The van der Waals surface area contributed by atoms with Crippen LogP contribution in [0.2, 0.25) is 0 Å². The quantitative estimate of drug-likeness (QED) is 0.615. The summed E-state index contributed by atoms with van der Waals surface area (Å²) in [7, 11) is -2.27. The maximum atomic E-state index is 11.7. The molecule has 4 nitrogen and oxygen atoms in total. The molecule has 2 rings (SSSR count). The summed E-state index contributed by atoms with van der Waals surface area (Å²) in [5, 5.41) is 0. The number of hydrogen-bond acceptors (Lipinski definition) is 3. The molecule has 0 aliphatic carbocycles. The van der Waals surface area contributed by atoms with E-state index in [1.165, 1.54) is 13.1 Å². The van der Waals surface area contributed by atoms with Crippen LogP contribution in [-0.4, -0.2) is 39.5 Å². The zero-order chi connectivity index (χ0) is 10.3. The van der Waals surface area contributed by atoms with Gasteiger partial charge >= 0.3 is 88.0 Å². The minimum atomic E-state index is -3.57. The predicted molar refractivity (Wildman–Crippen MR) is 52.2 cm³/mol. The molecule has 1 amide bonds. The average Bonchev–Trinajstić information content (AvgIpc) is 2.15. The molecule has 14 heavy (non-hydrogen) atoms. The van der Waals surface area contributed by atoms with E-state index in [1.54, 1.807) is 18.2 Å². The van der Waals surface area contributed by atoms with E-state index in [9.17, 15) is 13.2 Å². The number of hydrogen-bond donors (Lipinski definition) is 0. The van der Waals surface area contributed by atoms with Crippen molar-refractivity contribution >= 4 is 34.2 Å². The Morgan fingerprint density at radius 1 is 1.29 bits per heavy atom. The van der Waals surface area contributed by atoms with Crippen molar-refractivity contribution in [3.63, 3.8) is 0 Å². The molecule has 0 saturated heterocycles. The summed E-state index contributed by atoms with van der Waals surface area (Å²) in [5.74, 6) is 0. The van der Waals surface area contributed by atoms with Gasteiger partial charge in [-0.2, -0.15) is 0 Å². The molecule has 0 N–H and O–H groups in total. The normalized spacial score (nSPS) is 19.2. The summed E-state index contributed by atoms with van der Waals surface area (Å²) in [4.78, 5) is 11.3. The first-order chi connectivity index (χ1) is 6.53. The monoisotopic (exact) mass is 277 g/mol. The van der Waals surface area contributed by atoms with Gasteiger partial charge < -0.3 is 0 Å². The van der Waals surface area contributed by atoms with Crippen LogP contribution in [0.25, 0.3) is 0 Å². The average molecular weight is 276 g/mol. The maximum absolute atomic E-state index is 11.7. The molecule has 74 valence electrons. The molecule has 1 aliphatic heterocycles. The second-order valence-electron chi connectivity index (χ2n) is 2.79. The Balaban J connectivity index is 2.72. The Labute approximate surface area is 88.1 Å². The van der Waals surface area contributed by atoms with E-state index in [0.29, 0.717) is 4.46 Å². The topological polar surface area (TPSA) is 54.5 Å². The Bertz CT molecular complexity index is 497. The first kappa shape index (κ1) is 9.70. The second-order valence-corrected chi connectivity index (χ2v) is 6.81. The summed E-state index contributed by atoms with van der Waals surface area (Å²) < 4.78 is 24.9. The van der Waals surface area contributed by atoms with Crippen LogP contribution in [0.4, 0.5) is 4.79 Å². The number of rotatable bonds is 0. The zero-order valence-corrected chi connectivity index (χ0v) is 9.83. The van der Waals surface area contributed by atoms with Crippen molar-refractivity contribution in [1.82, 2.24) is 4.31 Å². The number of fused-ring (bicyclic) bond motifs is 1. The summed E-state index contributed by atoms with van der Waals surface area (Å²) >= 11 is -0.420. The molecular formula is C8H7NO3SSe. The van der Waals surface area contributed by atoms with Crippen molar-refractivity contribution in [2.75, 3.05) is 7.05 Å². The van der Waals surface area contributed by atoms with Crippen molar-refractivity contribution in [1.29, 1.82) is 0 Å². The second kappa shape index (κ2) is 3.08. The summed E-state index contributed by atoms with van der Waals surface area (Å²) in [6.07, 6.45) is 0. The van der Waals surface area contributed by atoms with E-state index in [0.717, 1.165) is 4.31 Å². The van der Waals surface area contributed by atoms with Crippen LogP contribution in [-0.2, 0) is 10.0 Å². The molecule has 0 atom stereocenters. The third-order valence-corrected chi connectivity index (χ3v) is 6.44. The van der Waals surface area contributed by atoms with Gasteiger partial charge in [0.2, 0.25) is 0 Å². The van der Waals surface area contributed by atoms with Gasteiger partial charge in [0.1, 0.15) is 0 Å². The number of nitrogens with zero attached hydrogens (tertiary/aromatic N) is 1. The minimum absolute atomic E-state index is 0.266. The Morgan fingerprint density at radius 2 is 1.93 bits per heavy atom. The Hall–Kier alpha value is -0.841. The molecule has 6 heteroatoms. The third kappa shape index (κ3) is 1.27. The molecule has 0 unspecified atom stereocenters. The molecule has 1 aromatic rings. The van der Waals surface area contributed by atoms with Crippen molar-refractivity contribution in [3.05, 3.63) is 24.3 Å². The van der Waals surface area contributed by atoms with E-state index in [-0.39, 0.29) is 9.70 Å². The fourth-order valence-electron chi connectivity index (χ4n) is 1.15. The van der Waals surface area contributed by atoms with Crippen LogP contribution in [0.15, 0.2) is 29.2 Å². The molecule has 1 heterocycles. The zero-order valence-electron chi connectivity index (χ0n) is 7.30. The van der Waals surface area contributed by atoms with E-state index in [1.807, 2.05) is 0 Å². The van der Waals surface area contributed by atoms with Gasteiger partial charge in [-0.3, -0.25) is 0 Å². The molecule has 0 bridgehead atoms. The molecule has 0 fully saturated rings. The van der Waals surface area contributed by atoms with Crippen LogP contribution in [0.3, 0.4) is 0 Å². The number of amides is 1. The van der Waals surface area contributed by atoms with Gasteiger partial charge in [0.25, 0.3) is 0 Å². The number of carbonyl (C=O) groups excluding carboxylic acids is 1. The van der Waals surface area contributed by atoms with E-state index < -0.39 is 25.0 Å². The van der Waals surface area contributed by atoms with E-state index in [2.05, 4.69) is 0 Å². The Morgan fingerprint density at radius 3 is 2.64 bits per heavy atom. The number of carbonyl (C=O) groups is 1. The van der Waals surface area contributed by atoms with Gasteiger partial charge in [-0.1, -0.05) is 0 Å². The van der Waals surface area contributed by atoms with Gasteiger partial charge in [0.05, 0.1) is 0 Å². The molecule has 0 saturated carbocycles. The Kier molecular flexibility index (Phi) is 2.14. The first-order valence-electron chi connectivity index (χ1n) is 3.83. The summed E-state index contributed by atoms with van der Waals surface area (Å²) in [6.45, 7) is 0. The van der Waals surface area contributed by atoms with Crippen molar-refractivity contribution in [3.8, 4) is 0 Å². The van der Waals surface area contributed by atoms with Crippen molar-refractivity contribution < 1.29 is 13.2 Å². The van der Waals surface area contributed by atoms with Gasteiger partial charge in [0, 0.05) is 0 Å². The standard InChI is InChI=1S/C8H7NO3SSe/c1-9-8(10)14-7-5-3-2-4-6(7)13(9,11)12/h2-5H,1H3. The van der Waals surface area contributed by atoms with E-state index in [4.69, 9.17) is 0 Å². The van der Waals surface area contributed by atoms with Crippen LogP contribution < -0.4 is 4.46 Å². The molecule has 0 aromatic heterocycles. The van der Waals surface area contributed by atoms with Crippen LogP contribution in [0.1, 0.15) is 0 Å². The first-order valence-corrected chi connectivity index (χ1v) is 6.98. The van der Waals surface area contributed by atoms with Crippen molar-refractivity contribution in [2.45, 2.75) is 4.90 Å². The summed E-state index contributed by atoms with van der Waals surface area (Å²) in [6, 6.07) is 6.64. The van der Waals surface area contributed by atoms with Gasteiger partial charge in [-0.25, -0.2) is 0 Å². The molecule has 1 aliphatic rings. The number of benzene rings is 1. The van der Waals surface area contributed by atoms with Crippen LogP contribution in [0, 0.1) is 0 Å².